The molecule has 0 aliphatic rings. The summed E-state index contributed by atoms with van der Waals surface area (Å²) in [6.45, 7) is 3.80. The fourth-order valence-corrected chi connectivity index (χ4v) is 5.83. The van der Waals surface area contributed by atoms with E-state index in [2.05, 4.69) is 21.2 Å². The van der Waals surface area contributed by atoms with Crippen LogP contribution in [0.1, 0.15) is 30.0 Å². The Balaban J connectivity index is 2.06. The molecule has 7 nitrogen and oxygen atoms in total. The Morgan fingerprint density at radius 2 is 1.69 bits per heavy atom. The van der Waals surface area contributed by atoms with E-state index >= 15 is 0 Å². The van der Waals surface area contributed by atoms with E-state index in [0.29, 0.717) is 22.8 Å². The van der Waals surface area contributed by atoms with Crippen molar-refractivity contribution < 1.29 is 18.0 Å². The summed E-state index contributed by atoms with van der Waals surface area (Å²) < 4.78 is 27.7. The van der Waals surface area contributed by atoms with Crippen molar-refractivity contribution in [1.29, 1.82) is 0 Å². The van der Waals surface area contributed by atoms with Gasteiger partial charge in [0.05, 0.1) is 11.9 Å². The van der Waals surface area contributed by atoms with Crippen molar-refractivity contribution in [3.8, 4) is 0 Å². The summed E-state index contributed by atoms with van der Waals surface area (Å²) >= 11 is 9.57. The molecule has 0 radical (unpaired) electrons. The van der Waals surface area contributed by atoms with E-state index in [9.17, 15) is 18.0 Å². The minimum Gasteiger partial charge on any atom is -0.354 e. The molecule has 208 valence electrons. The van der Waals surface area contributed by atoms with Gasteiger partial charge in [0.15, 0.2) is 0 Å². The van der Waals surface area contributed by atoms with E-state index in [4.69, 9.17) is 11.6 Å². The zero-order valence-corrected chi connectivity index (χ0v) is 25.4. The minimum absolute atomic E-state index is 0.118. The van der Waals surface area contributed by atoms with Gasteiger partial charge in [-0.2, -0.15) is 0 Å². The summed E-state index contributed by atoms with van der Waals surface area (Å²) in [5.41, 5.74) is 2.65. The van der Waals surface area contributed by atoms with Gasteiger partial charge in [-0.1, -0.05) is 76.9 Å². The Kier molecular flexibility index (Phi) is 11.0. The predicted molar refractivity (Wildman–Crippen MR) is 160 cm³/mol. The van der Waals surface area contributed by atoms with E-state index in [0.717, 1.165) is 32.6 Å². The number of carbonyl (C=O) groups is 2. The normalized spacial score (nSPS) is 12.0. The van der Waals surface area contributed by atoms with Crippen LogP contribution in [0.3, 0.4) is 0 Å². The number of sulfonamides is 1. The van der Waals surface area contributed by atoms with Gasteiger partial charge in [0.25, 0.3) is 0 Å². The highest BCUT2D eigenvalue weighted by atomic mass is 79.9. The molecule has 0 aliphatic heterocycles. The van der Waals surface area contributed by atoms with E-state index in [1.165, 1.54) is 4.90 Å². The standard InChI is InChI=1S/C29H33BrClN3O4S/c1-4-15-32-29(36)27(18-22-9-6-5-7-10-22)33(19-23-11-8-12-24(30)17-23)28(35)20-34(39(3,37)38)26-14-13-25(31)16-21(26)2/h5-14,16-17,27H,4,15,18-20H2,1-3H3,(H,32,36)/t27-/m1/s1. The van der Waals surface area contributed by atoms with Crippen LogP contribution in [0.15, 0.2) is 77.3 Å². The molecular weight excluding hydrogens is 602 g/mol. The lowest BCUT2D eigenvalue weighted by Crippen LogP contribution is -2.53. The highest BCUT2D eigenvalue weighted by Crippen LogP contribution is 2.26. The largest absolute Gasteiger partial charge is 0.354 e. The van der Waals surface area contributed by atoms with Gasteiger partial charge in [-0.3, -0.25) is 13.9 Å². The number of aryl methyl sites for hydroxylation is 1. The van der Waals surface area contributed by atoms with Crippen molar-refractivity contribution in [1.82, 2.24) is 10.2 Å². The number of anilines is 1. The molecule has 10 heteroatoms. The highest BCUT2D eigenvalue weighted by Gasteiger charge is 2.33. The molecule has 39 heavy (non-hydrogen) atoms. The third kappa shape index (κ3) is 8.81. The average molecular weight is 635 g/mol. The van der Waals surface area contributed by atoms with Gasteiger partial charge in [-0.15, -0.1) is 0 Å². The maximum absolute atomic E-state index is 14.1. The number of hydrogen-bond acceptors (Lipinski definition) is 4. The first-order chi connectivity index (χ1) is 18.5. The Morgan fingerprint density at radius 1 is 1.00 bits per heavy atom. The third-order valence-corrected chi connectivity index (χ3v) is 8.02. The first kappa shape index (κ1) is 30.7. The van der Waals surface area contributed by atoms with Crippen molar-refractivity contribution >= 4 is 55.1 Å². The van der Waals surface area contributed by atoms with Gasteiger partial charge in [-0.05, 0) is 60.4 Å². The molecule has 3 aromatic rings. The quantitative estimate of drug-likeness (QED) is 0.291. The smallest absolute Gasteiger partial charge is 0.244 e. The SMILES string of the molecule is CCCNC(=O)[C@@H](Cc1ccccc1)N(Cc1cccc(Br)c1)C(=O)CN(c1ccc(Cl)cc1C)S(C)(=O)=O. The van der Waals surface area contributed by atoms with Crippen molar-refractivity contribution in [2.24, 2.45) is 0 Å². The monoisotopic (exact) mass is 633 g/mol. The van der Waals surface area contributed by atoms with Gasteiger partial charge in [-0.25, -0.2) is 8.42 Å². The molecular formula is C29H33BrClN3O4S. The molecule has 3 rings (SSSR count). The van der Waals surface area contributed by atoms with E-state index in [1.807, 2.05) is 61.5 Å². The van der Waals surface area contributed by atoms with Gasteiger partial charge < -0.3 is 10.2 Å². The van der Waals surface area contributed by atoms with Crippen molar-refractivity contribution in [2.45, 2.75) is 39.3 Å². The first-order valence-electron chi connectivity index (χ1n) is 12.6. The second kappa shape index (κ2) is 14.0. The summed E-state index contributed by atoms with van der Waals surface area (Å²) in [4.78, 5) is 29.0. The van der Waals surface area contributed by atoms with Crippen LogP contribution in [0.25, 0.3) is 0 Å². The molecule has 0 saturated carbocycles. The lowest BCUT2D eigenvalue weighted by atomic mass is 10.0. The Hall–Kier alpha value is -2.88. The number of hydrogen-bond donors (Lipinski definition) is 1. The van der Waals surface area contributed by atoms with Crippen LogP contribution in [0.5, 0.6) is 0 Å². The highest BCUT2D eigenvalue weighted by molar-refractivity contribution is 9.10. The van der Waals surface area contributed by atoms with Crippen LogP contribution in [0.2, 0.25) is 5.02 Å². The van der Waals surface area contributed by atoms with Gasteiger partial charge in [0.2, 0.25) is 21.8 Å². The molecule has 0 saturated heterocycles. The number of nitrogens with zero attached hydrogens (tertiary/aromatic N) is 2. The van der Waals surface area contributed by atoms with Crippen LogP contribution >= 0.6 is 27.5 Å². The Morgan fingerprint density at radius 3 is 2.31 bits per heavy atom. The zero-order valence-electron chi connectivity index (χ0n) is 22.2. The minimum atomic E-state index is -3.85. The number of benzene rings is 3. The number of halogens is 2. The molecule has 1 atom stereocenters. The lowest BCUT2D eigenvalue weighted by Gasteiger charge is -2.34. The van der Waals surface area contributed by atoms with Crippen LogP contribution < -0.4 is 9.62 Å². The molecule has 0 unspecified atom stereocenters. The average Bonchev–Trinajstić information content (AvgIpc) is 2.88. The third-order valence-electron chi connectivity index (χ3n) is 6.17. The topological polar surface area (TPSA) is 86.8 Å². The van der Waals surface area contributed by atoms with Crippen LogP contribution in [-0.4, -0.2) is 50.5 Å². The van der Waals surface area contributed by atoms with Gasteiger partial charge >= 0.3 is 0 Å². The lowest BCUT2D eigenvalue weighted by molar-refractivity contribution is -0.140. The van der Waals surface area contributed by atoms with Gasteiger partial charge in [0.1, 0.15) is 12.6 Å². The van der Waals surface area contributed by atoms with E-state index in [1.54, 1.807) is 25.1 Å². The van der Waals surface area contributed by atoms with Crippen LogP contribution in [0.4, 0.5) is 5.69 Å². The molecule has 0 spiro atoms. The molecule has 0 aliphatic carbocycles. The van der Waals surface area contributed by atoms with Crippen LogP contribution in [0, 0.1) is 6.92 Å². The van der Waals surface area contributed by atoms with Crippen LogP contribution in [-0.2, 0) is 32.6 Å². The molecule has 1 N–H and O–H groups in total. The van der Waals surface area contributed by atoms with Crippen molar-refractivity contribution in [3.05, 3.63) is 99.0 Å². The molecule has 3 aromatic carbocycles. The zero-order chi connectivity index (χ0) is 28.6. The summed E-state index contributed by atoms with van der Waals surface area (Å²) in [6.07, 6.45) is 2.07. The van der Waals surface area contributed by atoms with Crippen molar-refractivity contribution in [2.75, 3.05) is 23.7 Å². The molecule has 2 amide bonds. The Labute approximate surface area is 244 Å². The maximum atomic E-state index is 14.1. The second-order valence-electron chi connectivity index (χ2n) is 9.35. The summed E-state index contributed by atoms with van der Waals surface area (Å²) in [6, 6.07) is 20.9. The number of carbonyl (C=O) groups excluding carboxylic acids is 2. The fourth-order valence-electron chi connectivity index (χ4n) is 4.25. The second-order valence-corrected chi connectivity index (χ2v) is 12.6. The predicted octanol–water partition coefficient (Wildman–Crippen LogP) is 5.34. The molecule has 0 fully saturated rings. The fraction of sp³-hybridized carbons (Fsp3) is 0.310. The number of nitrogens with one attached hydrogen (secondary N) is 1. The number of amides is 2. The maximum Gasteiger partial charge on any atom is 0.244 e. The van der Waals surface area contributed by atoms with Gasteiger partial charge in [0, 0.05) is 29.0 Å². The first-order valence-corrected chi connectivity index (χ1v) is 15.6. The van der Waals surface area contributed by atoms with E-state index < -0.39 is 28.5 Å². The summed E-state index contributed by atoms with van der Waals surface area (Å²) in [7, 11) is -3.85. The summed E-state index contributed by atoms with van der Waals surface area (Å²) in [5, 5.41) is 3.39. The molecule has 0 aromatic heterocycles. The number of rotatable bonds is 12. The van der Waals surface area contributed by atoms with Crippen molar-refractivity contribution in [3.63, 3.8) is 0 Å². The molecule has 0 heterocycles. The van der Waals surface area contributed by atoms with E-state index in [-0.39, 0.29) is 18.9 Å². The summed E-state index contributed by atoms with van der Waals surface area (Å²) in [5.74, 6) is -0.792. The Bertz CT molecular complexity index is 1400. The molecule has 0 bridgehead atoms.